The van der Waals surface area contributed by atoms with Crippen molar-refractivity contribution in [3.05, 3.63) is 35.4 Å². The van der Waals surface area contributed by atoms with Crippen LogP contribution < -0.4 is 0 Å². The summed E-state index contributed by atoms with van der Waals surface area (Å²) >= 11 is 0. The molecule has 0 bridgehead atoms. The number of likely N-dealkylation sites (tertiary alicyclic amines) is 1. The molecule has 0 saturated carbocycles. The van der Waals surface area contributed by atoms with Crippen molar-refractivity contribution in [2.75, 3.05) is 20.1 Å². The van der Waals surface area contributed by atoms with E-state index in [4.69, 9.17) is 0 Å². The Balaban J connectivity index is 1.95. The Morgan fingerprint density at radius 2 is 2.00 bits per heavy atom. The summed E-state index contributed by atoms with van der Waals surface area (Å²) in [5.41, 5.74) is -0.664. The van der Waals surface area contributed by atoms with E-state index >= 15 is 0 Å². The van der Waals surface area contributed by atoms with Gasteiger partial charge in [0.15, 0.2) is 0 Å². The summed E-state index contributed by atoms with van der Waals surface area (Å²) in [6.07, 6.45) is -3.02. The first-order valence-corrected chi connectivity index (χ1v) is 7.46. The standard InChI is InChI=1S/C16H19F3N2O2/c1-20(14(22)8-10-21-9-4-7-15(21)23)11-12-5-2-3-6-13(12)16(17,18)19/h2-3,5-6H,4,7-11H2,1H3. The number of nitrogens with zero attached hydrogens (tertiary/aromatic N) is 2. The lowest BCUT2D eigenvalue weighted by atomic mass is 10.1. The zero-order valence-corrected chi connectivity index (χ0v) is 12.9. The van der Waals surface area contributed by atoms with Crippen LogP contribution in [0.3, 0.4) is 0 Å². The van der Waals surface area contributed by atoms with E-state index in [-0.39, 0.29) is 30.3 Å². The van der Waals surface area contributed by atoms with Gasteiger partial charge in [-0.2, -0.15) is 13.2 Å². The minimum absolute atomic E-state index is 0.0304. The van der Waals surface area contributed by atoms with Crippen LogP contribution in [0.2, 0.25) is 0 Å². The first kappa shape index (κ1) is 17.3. The Morgan fingerprint density at radius 1 is 1.30 bits per heavy atom. The van der Waals surface area contributed by atoms with Crippen LogP contribution in [0, 0.1) is 0 Å². The van der Waals surface area contributed by atoms with Gasteiger partial charge in [0.2, 0.25) is 11.8 Å². The van der Waals surface area contributed by atoms with Gasteiger partial charge in [-0.1, -0.05) is 18.2 Å². The predicted molar refractivity (Wildman–Crippen MR) is 78.3 cm³/mol. The van der Waals surface area contributed by atoms with Crippen molar-refractivity contribution in [3.8, 4) is 0 Å². The summed E-state index contributed by atoms with van der Waals surface area (Å²) in [5, 5.41) is 0. The lowest BCUT2D eigenvalue weighted by Gasteiger charge is -2.22. The Morgan fingerprint density at radius 3 is 2.61 bits per heavy atom. The summed E-state index contributed by atoms with van der Waals surface area (Å²) in [5.74, 6) is -0.246. The monoisotopic (exact) mass is 328 g/mol. The molecule has 126 valence electrons. The number of amides is 2. The summed E-state index contributed by atoms with van der Waals surface area (Å²) < 4.78 is 38.8. The molecule has 0 aliphatic carbocycles. The van der Waals surface area contributed by atoms with E-state index in [2.05, 4.69) is 0 Å². The molecule has 0 atom stereocenters. The average Bonchev–Trinajstić information content (AvgIpc) is 2.89. The van der Waals surface area contributed by atoms with Gasteiger partial charge in [0.05, 0.1) is 5.56 Å². The largest absolute Gasteiger partial charge is 0.416 e. The van der Waals surface area contributed by atoms with Gasteiger partial charge in [-0.05, 0) is 18.1 Å². The van der Waals surface area contributed by atoms with E-state index in [1.165, 1.54) is 30.1 Å². The number of alkyl halides is 3. The molecule has 23 heavy (non-hydrogen) atoms. The Bertz CT molecular complexity index is 587. The quantitative estimate of drug-likeness (QED) is 0.834. The van der Waals surface area contributed by atoms with E-state index in [1.807, 2.05) is 0 Å². The van der Waals surface area contributed by atoms with Crippen LogP contribution in [-0.2, 0) is 22.3 Å². The van der Waals surface area contributed by atoms with Gasteiger partial charge in [0.25, 0.3) is 0 Å². The molecular formula is C16H19F3N2O2. The van der Waals surface area contributed by atoms with Gasteiger partial charge in [0.1, 0.15) is 0 Å². The van der Waals surface area contributed by atoms with Gasteiger partial charge in [0, 0.05) is 39.5 Å². The maximum absolute atomic E-state index is 12.9. The minimum Gasteiger partial charge on any atom is -0.342 e. The second kappa shape index (κ2) is 7.02. The van der Waals surface area contributed by atoms with Crippen LogP contribution in [0.5, 0.6) is 0 Å². The second-order valence-electron chi connectivity index (χ2n) is 5.64. The van der Waals surface area contributed by atoms with Crippen molar-refractivity contribution in [1.82, 2.24) is 9.80 Å². The molecule has 1 fully saturated rings. The van der Waals surface area contributed by atoms with Crippen LogP contribution in [0.1, 0.15) is 30.4 Å². The topological polar surface area (TPSA) is 40.6 Å². The molecule has 0 unspecified atom stereocenters. The van der Waals surface area contributed by atoms with Crippen LogP contribution >= 0.6 is 0 Å². The highest BCUT2D eigenvalue weighted by Crippen LogP contribution is 2.32. The van der Waals surface area contributed by atoms with Crippen molar-refractivity contribution in [3.63, 3.8) is 0 Å². The number of hydrogen-bond acceptors (Lipinski definition) is 2. The van der Waals surface area contributed by atoms with Crippen molar-refractivity contribution >= 4 is 11.8 Å². The third kappa shape index (κ3) is 4.46. The highest BCUT2D eigenvalue weighted by Gasteiger charge is 2.33. The first-order chi connectivity index (χ1) is 10.8. The van der Waals surface area contributed by atoms with Gasteiger partial charge < -0.3 is 9.80 Å². The number of rotatable bonds is 5. The number of halogens is 3. The lowest BCUT2D eigenvalue weighted by molar-refractivity contribution is -0.140. The second-order valence-corrected chi connectivity index (χ2v) is 5.64. The fraction of sp³-hybridized carbons (Fsp3) is 0.500. The summed E-state index contributed by atoms with van der Waals surface area (Å²) in [6.45, 7) is 0.859. The van der Waals surface area contributed by atoms with E-state index in [9.17, 15) is 22.8 Å². The molecule has 0 spiro atoms. The molecule has 4 nitrogen and oxygen atoms in total. The number of benzene rings is 1. The third-order valence-corrected chi connectivity index (χ3v) is 3.92. The molecular weight excluding hydrogens is 309 g/mol. The minimum atomic E-state index is -4.44. The van der Waals surface area contributed by atoms with Crippen LogP contribution in [0.25, 0.3) is 0 Å². The van der Waals surface area contributed by atoms with Gasteiger partial charge >= 0.3 is 6.18 Å². The molecule has 0 N–H and O–H groups in total. The van der Waals surface area contributed by atoms with Crippen molar-refractivity contribution in [2.24, 2.45) is 0 Å². The molecule has 0 aromatic heterocycles. The summed E-state index contributed by atoms with van der Waals surface area (Å²) in [6, 6.07) is 5.23. The fourth-order valence-corrected chi connectivity index (χ4v) is 2.64. The molecule has 1 aromatic carbocycles. The van der Waals surface area contributed by atoms with E-state index in [1.54, 1.807) is 4.90 Å². The van der Waals surface area contributed by atoms with Gasteiger partial charge in [-0.15, -0.1) is 0 Å². The maximum Gasteiger partial charge on any atom is 0.416 e. The van der Waals surface area contributed by atoms with Crippen molar-refractivity contribution < 1.29 is 22.8 Å². The number of hydrogen-bond donors (Lipinski definition) is 0. The van der Waals surface area contributed by atoms with Crippen LogP contribution in [-0.4, -0.2) is 41.8 Å². The predicted octanol–water partition coefficient (Wildman–Crippen LogP) is 2.68. The Hall–Kier alpha value is -2.05. The number of carbonyl (C=O) groups excluding carboxylic acids is 2. The molecule has 1 saturated heterocycles. The van der Waals surface area contributed by atoms with E-state index < -0.39 is 11.7 Å². The average molecular weight is 328 g/mol. The lowest BCUT2D eigenvalue weighted by Crippen LogP contribution is -2.33. The zero-order chi connectivity index (χ0) is 17.0. The summed E-state index contributed by atoms with van der Waals surface area (Å²) in [4.78, 5) is 26.4. The molecule has 1 aliphatic rings. The molecule has 2 rings (SSSR count). The highest BCUT2D eigenvalue weighted by atomic mass is 19.4. The van der Waals surface area contributed by atoms with Crippen molar-refractivity contribution in [2.45, 2.75) is 32.0 Å². The van der Waals surface area contributed by atoms with Crippen LogP contribution in [0.4, 0.5) is 13.2 Å². The fourth-order valence-electron chi connectivity index (χ4n) is 2.64. The SMILES string of the molecule is CN(Cc1ccccc1C(F)(F)F)C(=O)CCN1CCCC1=O. The normalized spacial score (nSPS) is 15.1. The molecule has 1 aromatic rings. The molecule has 1 aliphatic heterocycles. The first-order valence-electron chi connectivity index (χ1n) is 7.46. The number of carbonyl (C=O) groups is 2. The van der Waals surface area contributed by atoms with Gasteiger partial charge in [-0.25, -0.2) is 0 Å². The van der Waals surface area contributed by atoms with Gasteiger partial charge in [-0.3, -0.25) is 9.59 Å². The van der Waals surface area contributed by atoms with E-state index in [0.717, 1.165) is 12.5 Å². The Labute approximate surface area is 132 Å². The van der Waals surface area contributed by atoms with Crippen LogP contribution in [0.15, 0.2) is 24.3 Å². The van der Waals surface area contributed by atoms with E-state index in [0.29, 0.717) is 19.5 Å². The molecule has 1 heterocycles. The molecule has 0 radical (unpaired) electrons. The maximum atomic E-state index is 12.9. The highest BCUT2D eigenvalue weighted by molar-refractivity contribution is 5.80. The summed E-state index contributed by atoms with van der Waals surface area (Å²) in [7, 11) is 1.47. The molecule has 2 amide bonds. The zero-order valence-electron chi connectivity index (χ0n) is 12.9. The molecule has 7 heteroatoms. The van der Waals surface area contributed by atoms with Crippen molar-refractivity contribution in [1.29, 1.82) is 0 Å². The third-order valence-electron chi connectivity index (χ3n) is 3.92. The smallest absolute Gasteiger partial charge is 0.342 e. The Kier molecular flexibility index (Phi) is 5.28.